The van der Waals surface area contributed by atoms with Gasteiger partial charge in [-0.1, -0.05) is 26.0 Å². The molecule has 0 aliphatic heterocycles. The van der Waals surface area contributed by atoms with Crippen LogP contribution in [0.3, 0.4) is 0 Å². The Morgan fingerprint density at radius 3 is 2.07 bits per heavy atom. The lowest BCUT2D eigenvalue weighted by atomic mass is 10.0. The van der Waals surface area contributed by atoms with Gasteiger partial charge in [-0.05, 0) is 47.9 Å². The molecule has 2 aromatic rings. The van der Waals surface area contributed by atoms with Gasteiger partial charge in [-0.15, -0.1) is 0 Å². The van der Waals surface area contributed by atoms with Crippen molar-refractivity contribution in [3.05, 3.63) is 59.7 Å². The van der Waals surface area contributed by atoms with Gasteiger partial charge in [-0.2, -0.15) is 21.6 Å². The second kappa shape index (κ2) is 7.99. The van der Waals surface area contributed by atoms with Gasteiger partial charge in [0.15, 0.2) is 0 Å². The Kier molecular flexibility index (Phi) is 6.15. The Bertz CT molecular complexity index is 890. The van der Waals surface area contributed by atoms with E-state index < -0.39 is 28.7 Å². The first-order valence-electron chi connectivity index (χ1n) is 7.97. The third kappa shape index (κ3) is 5.99. The number of nitrogens with one attached hydrogen (secondary N) is 1. The maximum absolute atomic E-state index is 12.3. The van der Waals surface area contributed by atoms with E-state index in [1.807, 2.05) is 13.8 Å². The number of hydrogen-bond donors (Lipinski definition) is 1. The molecule has 0 aliphatic carbocycles. The molecule has 0 aliphatic rings. The zero-order valence-corrected chi connectivity index (χ0v) is 15.4. The van der Waals surface area contributed by atoms with Gasteiger partial charge in [0.05, 0.1) is 0 Å². The predicted octanol–water partition coefficient (Wildman–Crippen LogP) is 3.87. The highest BCUT2D eigenvalue weighted by molar-refractivity contribution is 7.87. The summed E-state index contributed by atoms with van der Waals surface area (Å²) in [6, 6.07) is 11.0. The van der Waals surface area contributed by atoms with E-state index in [4.69, 9.17) is 4.18 Å². The van der Waals surface area contributed by atoms with Crippen LogP contribution in [0.4, 0.5) is 13.2 Å². The Labute approximate surface area is 155 Å². The number of alkyl halides is 3. The molecule has 9 heteroatoms. The molecule has 0 heterocycles. The van der Waals surface area contributed by atoms with Crippen LogP contribution in [0.2, 0.25) is 0 Å². The summed E-state index contributed by atoms with van der Waals surface area (Å²) in [7, 11) is -4.14. The van der Waals surface area contributed by atoms with Crippen LogP contribution in [0.1, 0.15) is 35.7 Å². The normalized spacial score (nSPS) is 12.1. The third-order valence-electron chi connectivity index (χ3n) is 3.61. The molecule has 0 bridgehead atoms. The summed E-state index contributed by atoms with van der Waals surface area (Å²) in [5, 5.41) is 1.71. The third-order valence-corrected chi connectivity index (χ3v) is 4.87. The molecule has 27 heavy (non-hydrogen) atoms. The minimum Gasteiger partial charge on any atom is -0.379 e. The summed E-state index contributed by atoms with van der Waals surface area (Å²) in [5.41, 5.74) is 0.924. The molecule has 0 saturated carbocycles. The summed E-state index contributed by atoms with van der Waals surface area (Å²) in [6.45, 7) is 2.53. The lowest BCUT2D eigenvalue weighted by Crippen LogP contribution is -2.33. The quantitative estimate of drug-likeness (QED) is 0.746. The lowest BCUT2D eigenvalue weighted by molar-refractivity contribution is -0.123. The highest BCUT2D eigenvalue weighted by atomic mass is 32.2. The molecule has 0 radical (unpaired) electrons. The van der Waals surface area contributed by atoms with Gasteiger partial charge in [0.25, 0.3) is 5.91 Å². The summed E-state index contributed by atoms with van der Waals surface area (Å²) < 4.78 is 66.0. The van der Waals surface area contributed by atoms with Crippen molar-refractivity contribution in [1.82, 2.24) is 5.32 Å². The van der Waals surface area contributed by atoms with Gasteiger partial charge < -0.3 is 9.50 Å². The second-order valence-electron chi connectivity index (χ2n) is 6.08. The average molecular weight is 401 g/mol. The summed E-state index contributed by atoms with van der Waals surface area (Å²) in [4.78, 5) is 11.4. The average Bonchev–Trinajstić information content (AvgIpc) is 2.59. The van der Waals surface area contributed by atoms with Crippen molar-refractivity contribution < 1.29 is 30.6 Å². The van der Waals surface area contributed by atoms with E-state index in [0.717, 1.165) is 29.8 Å². The van der Waals surface area contributed by atoms with E-state index in [-0.39, 0.29) is 22.1 Å². The first kappa shape index (κ1) is 20.8. The molecule has 1 N–H and O–H groups in total. The summed E-state index contributed by atoms with van der Waals surface area (Å²) in [6.07, 6.45) is -4.53. The SMILES string of the molecule is CC(C)c1ccc(OS(=O)(=O)c2ccc(C(=O)NCC(F)(F)F)cc2)cc1. The Morgan fingerprint density at radius 2 is 1.59 bits per heavy atom. The smallest absolute Gasteiger partial charge is 0.379 e. The van der Waals surface area contributed by atoms with E-state index in [9.17, 15) is 26.4 Å². The van der Waals surface area contributed by atoms with Gasteiger partial charge in [0.2, 0.25) is 0 Å². The predicted molar refractivity (Wildman–Crippen MR) is 93.2 cm³/mol. The van der Waals surface area contributed by atoms with Crippen LogP contribution in [0.5, 0.6) is 5.75 Å². The second-order valence-corrected chi connectivity index (χ2v) is 7.63. The molecule has 0 spiro atoms. The fourth-order valence-electron chi connectivity index (χ4n) is 2.14. The molecule has 5 nitrogen and oxygen atoms in total. The summed E-state index contributed by atoms with van der Waals surface area (Å²) >= 11 is 0. The van der Waals surface area contributed by atoms with Gasteiger partial charge >= 0.3 is 16.3 Å². The maximum Gasteiger partial charge on any atom is 0.405 e. The van der Waals surface area contributed by atoms with E-state index >= 15 is 0 Å². The fourth-order valence-corrected chi connectivity index (χ4v) is 3.07. The van der Waals surface area contributed by atoms with Crippen LogP contribution in [-0.2, 0) is 10.1 Å². The molecule has 0 fully saturated rings. The minimum atomic E-state index is -4.53. The van der Waals surface area contributed by atoms with Crippen LogP contribution in [0.25, 0.3) is 0 Å². The van der Waals surface area contributed by atoms with Crippen LogP contribution in [0.15, 0.2) is 53.4 Å². The largest absolute Gasteiger partial charge is 0.405 e. The lowest BCUT2D eigenvalue weighted by Gasteiger charge is -2.10. The molecule has 1 amide bonds. The number of halogens is 3. The molecular weight excluding hydrogens is 383 g/mol. The fraction of sp³-hybridized carbons (Fsp3) is 0.278. The van der Waals surface area contributed by atoms with Gasteiger partial charge in [-0.25, -0.2) is 0 Å². The maximum atomic E-state index is 12.3. The van der Waals surface area contributed by atoms with Crippen LogP contribution < -0.4 is 9.50 Å². The van der Waals surface area contributed by atoms with E-state index in [1.165, 1.54) is 12.1 Å². The zero-order valence-electron chi connectivity index (χ0n) is 14.6. The van der Waals surface area contributed by atoms with Crippen molar-refractivity contribution in [2.75, 3.05) is 6.54 Å². The van der Waals surface area contributed by atoms with E-state index in [1.54, 1.807) is 17.4 Å². The number of rotatable bonds is 6. The summed E-state index contributed by atoms with van der Waals surface area (Å²) in [5.74, 6) is -0.542. The molecule has 0 aromatic heterocycles. The number of benzene rings is 2. The van der Waals surface area contributed by atoms with Gasteiger partial charge in [0.1, 0.15) is 17.2 Å². The molecule has 0 saturated heterocycles. The molecule has 2 aromatic carbocycles. The monoisotopic (exact) mass is 401 g/mol. The number of hydrogen-bond acceptors (Lipinski definition) is 4. The zero-order chi connectivity index (χ0) is 20.2. The van der Waals surface area contributed by atoms with Crippen molar-refractivity contribution in [3.63, 3.8) is 0 Å². The number of carbonyl (C=O) groups excluding carboxylic acids is 1. The van der Waals surface area contributed by atoms with E-state index in [2.05, 4.69) is 0 Å². The standard InChI is InChI=1S/C18H18F3NO4S/c1-12(2)13-3-7-15(8-4-13)26-27(24,25)16-9-5-14(6-10-16)17(23)22-11-18(19,20)21/h3-10,12H,11H2,1-2H3,(H,22,23). The molecule has 2 rings (SSSR count). The van der Waals surface area contributed by atoms with Crippen molar-refractivity contribution in [2.24, 2.45) is 0 Å². The van der Waals surface area contributed by atoms with Crippen LogP contribution >= 0.6 is 0 Å². The Morgan fingerprint density at radius 1 is 1.04 bits per heavy atom. The highest BCUT2D eigenvalue weighted by Crippen LogP contribution is 2.22. The molecular formula is C18H18F3NO4S. The number of carbonyl (C=O) groups is 1. The van der Waals surface area contributed by atoms with Crippen molar-refractivity contribution in [3.8, 4) is 5.75 Å². The highest BCUT2D eigenvalue weighted by Gasteiger charge is 2.28. The number of amides is 1. The topological polar surface area (TPSA) is 72.5 Å². The van der Waals surface area contributed by atoms with Crippen LogP contribution in [-0.4, -0.2) is 27.0 Å². The van der Waals surface area contributed by atoms with Crippen LogP contribution in [0, 0.1) is 0 Å². The minimum absolute atomic E-state index is 0.0977. The first-order valence-corrected chi connectivity index (χ1v) is 9.38. The molecule has 146 valence electrons. The first-order chi connectivity index (χ1) is 12.5. The van der Waals surface area contributed by atoms with E-state index in [0.29, 0.717) is 0 Å². The van der Waals surface area contributed by atoms with Crippen molar-refractivity contribution in [1.29, 1.82) is 0 Å². The molecule has 0 atom stereocenters. The Balaban J connectivity index is 2.09. The van der Waals surface area contributed by atoms with Crippen molar-refractivity contribution in [2.45, 2.75) is 30.8 Å². The molecule has 0 unspecified atom stereocenters. The van der Waals surface area contributed by atoms with Gasteiger partial charge in [0, 0.05) is 5.56 Å². The Hall–Kier alpha value is -2.55. The van der Waals surface area contributed by atoms with Crippen molar-refractivity contribution >= 4 is 16.0 Å². The van der Waals surface area contributed by atoms with Gasteiger partial charge in [-0.3, -0.25) is 4.79 Å².